The van der Waals surface area contributed by atoms with Gasteiger partial charge in [0, 0.05) is 44.0 Å². The van der Waals surface area contributed by atoms with Crippen LogP contribution in [0.1, 0.15) is 18.1 Å². The number of rotatable bonds is 6. The van der Waals surface area contributed by atoms with Crippen LogP contribution in [0.4, 0.5) is 5.69 Å². The first kappa shape index (κ1) is 23.9. The molecule has 3 heterocycles. The molecule has 0 radical (unpaired) electrons. The van der Waals surface area contributed by atoms with Crippen molar-refractivity contribution in [3.05, 3.63) is 71.8 Å². The van der Waals surface area contributed by atoms with Crippen LogP contribution < -0.4 is 14.8 Å². The Morgan fingerprint density at radius 1 is 1.00 bits per heavy atom. The van der Waals surface area contributed by atoms with Crippen molar-refractivity contribution in [1.29, 1.82) is 0 Å². The smallest absolute Gasteiger partial charge is 0.241 e. The van der Waals surface area contributed by atoms with Crippen LogP contribution in [0.3, 0.4) is 0 Å². The number of carbonyl (C=O) groups excluding carboxylic acids is 1. The molecule has 0 saturated carbocycles. The fraction of sp³-hybridized carbons (Fsp3) is 0.310. The highest BCUT2D eigenvalue weighted by molar-refractivity contribution is 7.21. The van der Waals surface area contributed by atoms with Crippen molar-refractivity contribution in [2.45, 2.75) is 26.4 Å². The van der Waals surface area contributed by atoms with E-state index in [1.54, 1.807) is 11.3 Å². The van der Waals surface area contributed by atoms with Crippen molar-refractivity contribution in [2.24, 2.45) is 0 Å². The van der Waals surface area contributed by atoms with Gasteiger partial charge in [-0.3, -0.25) is 14.6 Å². The topological polar surface area (TPSA) is 66.9 Å². The number of fused-ring (bicyclic) bond motifs is 2. The summed E-state index contributed by atoms with van der Waals surface area (Å²) in [5.74, 6) is 1.66. The van der Waals surface area contributed by atoms with Gasteiger partial charge in [0.15, 0.2) is 11.5 Å². The number of anilines is 1. The SMILES string of the molecule is Cc1ccc2nc(-c3ccc(NC(=O)[C@H](C)N4CCN(Cc5ccc6c(c5)OCO6)CC4)cc3)sc2c1. The third-order valence-corrected chi connectivity index (χ3v) is 8.19. The largest absolute Gasteiger partial charge is 0.454 e. The fourth-order valence-electron chi connectivity index (χ4n) is 4.87. The molecule has 0 unspecified atom stereocenters. The molecule has 1 saturated heterocycles. The van der Waals surface area contributed by atoms with E-state index in [1.807, 2.05) is 37.3 Å². The van der Waals surface area contributed by atoms with E-state index in [0.29, 0.717) is 6.79 Å². The first-order chi connectivity index (χ1) is 18.0. The van der Waals surface area contributed by atoms with Gasteiger partial charge in [-0.15, -0.1) is 11.3 Å². The fourth-order valence-corrected chi connectivity index (χ4v) is 5.94. The zero-order valence-corrected chi connectivity index (χ0v) is 21.9. The number of benzene rings is 3. The number of ether oxygens (including phenoxy) is 2. The van der Waals surface area contributed by atoms with Crippen molar-refractivity contribution in [1.82, 2.24) is 14.8 Å². The van der Waals surface area contributed by atoms with E-state index in [-0.39, 0.29) is 11.9 Å². The summed E-state index contributed by atoms with van der Waals surface area (Å²) < 4.78 is 12.1. The summed E-state index contributed by atoms with van der Waals surface area (Å²) in [5.41, 5.74) is 5.34. The molecule has 1 atom stereocenters. The highest BCUT2D eigenvalue weighted by Crippen LogP contribution is 2.33. The number of nitrogens with one attached hydrogen (secondary N) is 1. The number of nitrogens with zero attached hydrogens (tertiary/aromatic N) is 3. The van der Waals surface area contributed by atoms with Gasteiger partial charge in [0.25, 0.3) is 0 Å². The van der Waals surface area contributed by atoms with Crippen LogP contribution in [0.5, 0.6) is 11.5 Å². The quantitative estimate of drug-likeness (QED) is 0.384. The molecule has 1 fully saturated rings. The van der Waals surface area contributed by atoms with E-state index < -0.39 is 0 Å². The molecule has 1 amide bonds. The molecule has 190 valence electrons. The van der Waals surface area contributed by atoms with E-state index in [1.165, 1.54) is 15.8 Å². The van der Waals surface area contributed by atoms with E-state index in [9.17, 15) is 4.79 Å². The molecule has 7 nitrogen and oxygen atoms in total. The number of hydrogen-bond acceptors (Lipinski definition) is 7. The van der Waals surface area contributed by atoms with E-state index in [4.69, 9.17) is 14.5 Å². The van der Waals surface area contributed by atoms with Crippen LogP contribution in [0.2, 0.25) is 0 Å². The van der Waals surface area contributed by atoms with Gasteiger partial charge in [0.2, 0.25) is 12.7 Å². The number of thiazole rings is 1. The van der Waals surface area contributed by atoms with Gasteiger partial charge in [0.05, 0.1) is 16.3 Å². The zero-order chi connectivity index (χ0) is 25.4. The minimum absolute atomic E-state index is 0.0208. The van der Waals surface area contributed by atoms with Gasteiger partial charge in [-0.1, -0.05) is 12.1 Å². The molecule has 2 aliphatic rings. The van der Waals surface area contributed by atoms with Crippen LogP contribution in [-0.2, 0) is 11.3 Å². The van der Waals surface area contributed by atoms with Gasteiger partial charge < -0.3 is 14.8 Å². The Bertz CT molecular complexity index is 1430. The van der Waals surface area contributed by atoms with Crippen LogP contribution in [-0.4, -0.2) is 59.7 Å². The lowest BCUT2D eigenvalue weighted by Crippen LogP contribution is -2.52. The average molecular weight is 515 g/mol. The maximum Gasteiger partial charge on any atom is 0.241 e. The second-order valence-corrected chi connectivity index (χ2v) is 10.8. The van der Waals surface area contributed by atoms with Crippen molar-refractivity contribution in [3.8, 4) is 22.1 Å². The van der Waals surface area contributed by atoms with Gasteiger partial charge in [0.1, 0.15) is 5.01 Å². The predicted molar refractivity (Wildman–Crippen MR) is 147 cm³/mol. The van der Waals surface area contributed by atoms with Crippen LogP contribution in [0.25, 0.3) is 20.8 Å². The normalized spacial score (nSPS) is 16.7. The van der Waals surface area contributed by atoms with Gasteiger partial charge in [-0.2, -0.15) is 0 Å². The summed E-state index contributed by atoms with van der Waals surface area (Å²) in [4.78, 5) is 22.4. The number of hydrogen-bond donors (Lipinski definition) is 1. The molecule has 4 aromatic rings. The molecule has 0 aliphatic carbocycles. The first-order valence-electron chi connectivity index (χ1n) is 12.7. The lowest BCUT2D eigenvalue weighted by Gasteiger charge is -2.37. The molecular formula is C29H30N4O3S. The third kappa shape index (κ3) is 5.18. The summed E-state index contributed by atoms with van der Waals surface area (Å²) in [5, 5.41) is 4.08. The monoisotopic (exact) mass is 514 g/mol. The molecule has 3 aromatic carbocycles. The molecule has 0 spiro atoms. The molecule has 37 heavy (non-hydrogen) atoms. The number of carbonyl (C=O) groups is 1. The van der Waals surface area contributed by atoms with E-state index in [2.05, 4.69) is 52.4 Å². The average Bonchev–Trinajstić information content (AvgIpc) is 3.55. The van der Waals surface area contributed by atoms with Gasteiger partial charge in [-0.25, -0.2) is 4.98 Å². The van der Waals surface area contributed by atoms with E-state index in [0.717, 1.165) is 66.0 Å². The van der Waals surface area contributed by atoms with Crippen LogP contribution in [0, 0.1) is 6.92 Å². The predicted octanol–water partition coefficient (Wildman–Crippen LogP) is 5.15. The zero-order valence-electron chi connectivity index (χ0n) is 21.1. The molecule has 2 aliphatic heterocycles. The standard InChI is InChI=1S/C29H30N4O3S/c1-19-3-9-24-27(15-19)37-29(31-24)22-5-7-23(8-6-22)30-28(34)20(2)33-13-11-32(12-14-33)17-21-4-10-25-26(16-21)36-18-35-25/h3-10,15-16,20H,11-14,17-18H2,1-2H3,(H,30,34)/t20-/m0/s1. The summed E-state index contributed by atoms with van der Waals surface area (Å²) in [6.07, 6.45) is 0. The van der Waals surface area contributed by atoms with Gasteiger partial charge in [-0.05, 0) is 73.5 Å². The minimum Gasteiger partial charge on any atom is -0.454 e. The Hall–Kier alpha value is -3.46. The van der Waals surface area contributed by atoms with Crippen LogP contribution >= 0.6 is 11.3 Å². The Morgan fingerprint density at radius 2 is 1.78 bits per heavy atom. The van der Waals surface area contributed by atoms with Crippen molar-refractivity contribution in [3.63, 3.8) is 0 Å². The molecule has 0 bridgehead atoms. The van der Waals surface area contributed by atoms with Gasteiger partial charge >= 0.3 is 0 Å². The number of amides is 1. The van der Waals surface area contributed by atoms with Crippen LogP contribution in [0.15, 0.2) is 60.7 Å². The Morgan fingerprint density at radius 3 is 2.59 bits per heavy atom. The molecule has 1 aromatic heterocycles. The number of aromatic nitrogens is 1. The highest BCUT2D eigenvalue weighted by atomic mass is 32.1. The number of piperazine rings is 1. The Labute approximate surface area is 220 Å². The Balaban J connectivity index is 1.02. The Kier molecular flexibility index (Phi) is 6.54. The van der Waals surface area contributed by atoms with Crippen molar-refractivity contribution in [2.75, 3.05) is 38.3 Å². The second-order valence-electron chi connectivity index (χ2n) is 9.73. The third-order valence-electron chi connectivity index (χ3n) is 7.12. The summed E-state index contributed by atoms with van der Waals surface area (Å²) in [6.45, 7) is 8.80. The number of aryl methyl sites for hydroxylation is 1. The maximum absolute atomic E-state index is 13.0. The lowest BCUT2D eigenvalue weighted by atomic mass is 10.1. The molecule has 6 rings (SSSR count). The summed E-state index contributed by atoms with van der Waals surface area (Å²) in [7, 11) is 0. The highest BCUT2D eigenvalue weighted by Gasteiger charge is 2.26. The van der Waals surface area contributed by atoms with Crippen molar-refractivity contribution >= 4 is 33.1 Å². The minimum atomic E-state index is -0.195. The summed E-state index contributed by atoms with van der Waals surface area (Å²) in [6, 6.07) is 20.2. The maximum atomic E-state index is 13.0. The molecular weight excluding hydrogens is 484 g/mol. The molecule has 8 heteroatoms. The second kappa shape index (κ2) is 10.1. The first-order valence-corrected chi connectivity index (χ1v) is 13.5. The van der Waals surface area contributed by atoms with E-state index >= 15 is 0 Å². The summed E-state index contributed by atoms with van der Waals surface area (Å²) >= 11 is 1.69. The van der Waals surface area contributed by atoms with Crippen molar-refractivity contribution < 1.29 is 14.3 Å². The lowest BCUT2D eigenvalue weighted by molar-refractivity contribution is -0.121. The molecule has 1 N–H and O–H groups in total.